The van der Waals surface area contributed by atoms with Crippen LogP contribution in [0.4, 0.5) is 0 Å². The SMILES string of the molecule is CN(C)P(C(CC(P(N(C)C)N(C)C)P(N(C)C)N(C)C)P(N(C)C)N(C)C)N(C)C. The Morgan fingerprint density at radius 2 is 0.452 bits per heavy atom. The van der Waals surface area contributed by atoms with Crippen molar-refractivity contribution in [3.05, 3.63) is 0 Å². The topological polar surface area (TPSA) is 25.9 Å². The van der Waals surface area contributed by atoms with Crippen LogP contribution in [0.25, 0.3) is 0 Å². The van der Waals surface area contributed by atoms with Crippen LogP contribution in [0.5, 0.6) is 0 Å². The summed E-state index contributed by atoms with van der Waals surface area (Å²) in [5.41, 5.74) is 0. The normalized spacial score (nSPS) is 14.1. The summed E-state index contributed by atoms with van der Waals surface area (Å²) < 4.78 is 19.8. The van der Waals surface area contributed by atoms with Crippen molar-refractivity contribution in [1.29, 1.82) is 0 Å². The second kappa shape index (κ2) is 14.7. The molecule has 0 aromatic carbocycles. The highest BCUT2D eigenvalue weighted by atomic mass is 31.2. The molecule has 0 atom stereocenters. The lowest BCUT2D eigenvalue weighted by atomic mass is 10.5. The molecule has 0 aliphatic rings. The van der Waals surface area contributed by atoms with Gasteiger partial charge in [-0.1, -0.05) is 0 Å². The van der Waals surface area contributed by atoms with E-state index in [1.165, 1.54) is 6.42 Å². The van der Waals surface area contributed by atoms with Crippen LogP contribution in [-0.4, -0.2) is 161 Å². The van der Waals surface area contributed by atoms with Gasteiger partial charge in [0.15, 0.2) is 0 Å². The van der Waals surface area contributed by atoms with Crippen molar-refractivity contribution in [2.45, 2.75) is 17.2 Å². The first kappa shape index (κ1) is 32.4. The van der Waals surface area contributed by atoms with Crippen molar-refractivity contribution >= 4 is 32.9 Å². The Morgan fingerprint density at radius 3 is 0.548 bits per heavy atom. The molecule has 0 aromatic heterocycles. The Labute approximate surface area is 200 Å². The Morgan fingerprint density at radius 1 is 0.323 bits per heavy atom. The second-order valence-electron chi connectivity index (χ2n) is 9.26. The van der Waals surface area contributed by atoms with E-state index in [2.05, 4.69) is 150 Å². The first-order chi connectivity index (χ1) is 14.1. The Kier molecular flexibility index (Phi) is 15.4. The smallest absolute Gasteiger partial charge is 0.0546 e. The van der Waals surface area contributed by atoms with Crippen LogP contribution in [-0.2, 0) is 0 Å². The van der Waals surface area contributed by atoms with Gasteiger partial charge in [-0.3, -0.25) is 37.4 Å². The molecule has 0 amide bonds. The highest BCUT2D eigenvalue weighted by molar-refractivity contribution is 7.73. The molecule has 0 aromatic rings. The van der Waals surface area contributed by atoms with E-state index in [-0.39, 0.29) is 0 Å². The average Bonchev–Trinajstić information content (AvgIpc) is 2.51. The van der Waals surface area contributed by atoms with Crippen molar-refractivity contribution in [3.63, 3.8) is 0 Å². The summed E-state index contributed by atoms with van der Waals surface area (Å²) >= 11 is 0. The van der Waals surface area contributed by atoms with Crippen molar-refractivity contribution < 1.29 is 0 Å². The summed E-state index contributed by atoms with van der Waals surface area (Å²) in [5.74, 6) is 0. The van der Waals surface area contributed by atoms with Gasteiger partial charge in [0.25, 0.3) is 0 Å². The van der Waals surface area contributed by atoms with E-state index in [1.54, 1.807) is 0 Å². The van der Waals surface area contributed by atoms with Crippen LogP contribution in [0, 0.1) is 0 Å². The van der Waals surface area contributed by atoms with E-state index in [9.17, 15) is 0 Å². The quantitative estimate of drug-likeness (QED) is 0.322. The van der Waals surface area contributed by atoms with Crippen LogP contribution >= 0.6 is 32.9 Å². The number of rotatable bonds is 14. The molecule has 0 radical (unpaired) electrons. The molecule has 0 saturated carbocycles. The molecule has 0 aliphatic heterocycles. The zero-order chi connectivity index (χ0) is 24.8. The third-order valence-corrected chi connectivity index (χ3v) is 16.8. The van der Waals surface area contributed by atoms with Gasteiger partial charge in [0.1, 0.15) is 0 Å². The molecule has 0 fully saturated rings. The standard InChI is InChI=1S/C19H52N8P4/c1-20(2)28(21(3)4)18(29(22(5)6)23(7)8)17-19(30(24(9)10)25(11)12)31(26(13)14)27(15)16/h18-19H,17H2,1-16H3. The number of hydrogen-bond donors (Lipinski definition) is 0. The summed E-state index contributed by atoms with van der Waals surface area (Å²) in [6.07, 6.45) is 1.20. The third-order valence-electron chi connectivity index (χ3n) is 4.77. The fourth-order valence-corrected chi connectivity index (χ4v) is 20.1. The summed E-state index contributed by atoms with van der Waals surface area (Å²) in [6, 6.07) is 0. The Bertz CT molecular complexity index is 378. The van der Waals surface area contributed by atoms with E-state index in [0.717, 1.165) is 0 Å². The van der Waals surface area contributed by atoms with E-state index in [4.69, 9.17) is 0 Å². The summed E-state index contributed by atoms with van der Waals surface area (Å²) in [5, 5.41) is 1.14. The summed E-state index contributed by atoms with van der Waals surface area (Å²) in [6.45, 7) is 0. The van der Waals surface area contributed by atoms with Crippen LogP contribution in [0.2, 0.25) is 0 Å². The van der Waals surface area contributed by atoms with Crippen LogP contribution in [0.3, 0.4) is 0 Å². The Hall–Kier alpha value is 1.40. The van der Waals surface area contributed by atoms with Crippen LogP contribution in [0.1, 0.15) is 6.42 Å². The summed E-state index contributed by atoms with van der Waals surface area (Å²) in [7, 11) is 34.3. The molecule has 31 heavy (non-hydrogen) atoms. The molecule has 8 nitrogen and oxygen atoms in total. The number of hydrogen-bond acceptors (Lipinski definition) is 8. The number of nitrogens with zero attached hydrogens (tertiary/aromatic N) is 8. The van der Waals surface area contributed by atoms with Gasteiger partial charge in [0.2, 0.25) is 0 Å². The predicted octanol–water partition coefficient (Wildman–Crippen LogP) is 3.77. The van der Waals surface area contributed by atoms with Crippen molar-refractivity contribution in [3.8, 4) is 0 Å². The van der Waals surface area contributed by atoms with Gasteiger partial charge in [-0.25, -0.2) is 0 Å². The van der Waals surface area contributed by atoms with Crippen molar-refractivity contribution in [1.82, 2.24) is 37.4 Å². The van der Waals surface area contributed by atoms with E-state index < -0.39 is 32.9 Å². The maximum Gasteiger partial charge on any atom is 0.0546 e. The van der Waals surface area contributed by atoms with Gasteiger partial charge in [-0.15, -0.1) is 0 Å². The average molecular weight is 517 g/mol. The largest absolute Gasteiger partial charge is 0.276 e. The zero-order valence-corrected chi connectivity index (χ0v) is 26.8. The molecular weight excluding hydrogens is 464 g/mol. The monoisotopic (exact) mass is 516 g/mol. The lowest BCUT2D eigenvalue weighted by molar-refractivity contribution is 0.522. The predicted molar refractivity (Wildman–Crippen MR) is 149 cm³/mol. The molecule has 0 heterocycles. The second-order valence-corrected chi connectivity index (χ2v) is 21.5. The molecule has 0 N–H and O–H groups in total. The molecule has 0 saturated heterocycles. The first-order valence-electron chi connectivity index (χ1n) is 10.6. The molecule has 0 spiro atoms. The highest BCUT2D eigenvalue weighted by Crippen LogP contribution is 2.70. The van der Waals surface area contributed by atoms with Gasteiger partial charge in [0, 0.05) is 32.9 Å². The molecular formula is C19H52N8P4. The van der Waals surface area contributed by atoms with E-state index in [0.29, 0.717) is 10.8 Å². The lowest BCUT2D eigenvalue weighted by Crippen LogP contribution is -2.37. The minimum Gasteiger partial charge on any atom is -0.276 e. The highest BCUT2D eigenvalue weighted by Gasteiger charge is 2.43. The molecule has 12 heteroatoms. The van der Waals surface area contributed by atoms with Crippen LogP contribution in [0.15, 0.2) is 0 Å². The fourth-order valence-electron chi connectivity index (χ4n) is 4.31. The molecule has 0 bridgehead atoms. The van der Waals surface area contributed by atoms with Crippen LogP contribution < -0.4 is 0 Å². The van der Waals surface area contributed by atoms with Crippen molar-refractivity contribution in [2.75, 3.05) is 113 Å². The minimum atomic E-state index is -0.447. The van der Waals surface area contributed by atoms with E-state index >= 15 is 0 Å². The third kappa shape index (κ3) is 9.52. The van der Waals surface area contributed by atoms with Gasteiger partial charge in [0.05, 0.1) is 10.8 Å². The molecule has 0 aliphatic carbocycles. The summed E-state index contributed by atoms with van der Waals surface area (Å²) in [4.78, 5) is 0. The maximum atomic E-state index is 2.47. The molecule has 188 valence electrons. The molecule has 0 rings (SSSR count). The van der Waals surface area contributed by atoms with Gasteiger partial charge in [-0.05, 0) is 119 Å². The Balaban J connectivity index is 6.71. The molecule has 0 unspecified atom stereocenters. The van der Waals surface area contributed by atoms with Crippen molar-refractivity contribution in [2.24, 2.45) is 0 Å². The first-order valence-corrected chi connectivity index (χ1v) is 15.9. The van der Waals surface area contributed by atoms with Gasteiger partial charge < -0.3 is 0 Å². The fraction of sp³-hybridized carbons (Fsp3) is 1.00. The minimum absolute atomic E-state index is 0.447. The zero-order valence-electron chi connectivity index (χ0n) is 23.2. The lowest BCUT2D eigenvalue weighted by Gasteiger charge is -2.50. The van der Waals surface area contributed by atoms with Gasteiger partial charge in [-0.2, -0.15) is 0 Å². The maximum absolute atomic E-state index is 2.47. The van der Waals surface area contributed by atoms with E-state index in [1.807, 2.05) is 0 Å². The van der Waals surface area contributed by atoms with Gasteiger partial charge >= 0.3 is 0 Å².